The topological polar surface area (TPSA) is 72.9 Å². The van der Waals surface area contributed by atoms with Crippen LogP contribution in [0.15, 0.2) is 48.5 Å². The molecule has 0 aliphatic carbocycles. The summed E-state index contributed by atoms with van der Waals surface area (Å²) in [5.74, 6) is 1.05. The first-order chi connectivity index (χ1) is 12.2. The molecule has 0 bridgehead atoms. The van der Waals surface area contributed by atoms with Crippen LogP contribution in [0.4, 0.5) is 5.69 Å². The van der Waals surface area contributed by atoms with E-state index in [1.54, 1.807) is 0 Å². The van der Waals surface area contributed by atoms with Crippen molar-refractivity contribution in [2.24, 2.45) is 0 Å². The van der Waals surface area contributed by atoms with Crippen LogP contribution in [-0.2, 0) is 24.2 Å². The monoisotopic (exact) mass is 336 g/mol. The number of para-hydroxylation sites is 3. The highest BCUT2D eigenvalue weighted by Crippen LogP contribution is 2.16. The number of nitrogens with one attached hydrogen (secondary N) is 1. The lowest BCUT2D eigenvalue weighted by Crippen LogP contribution is -2.26. The number of aryl methyl sites for hydroxylation is 2. The Bertz CT molecular complexity index is 869. The van der Waals surface area contributed by atoms with E-state index >= 15 is 0 Å². The number of nitrogens with zero attached hydrogens (tertiary/aromatic N) is 2. The largest absolute Gasteiger partial charge is 0.399 e. The van der Waals surface area contributed by atoms with Gasteiger partial charge in [0.2, 0.25) is 5.91 Å². The Kier molecular flexibility index (Phi) is 5.33. The van der Waals surface area contributed by atoms with Crippen LogP contribution < -0.4 is 11.1 Å². The van der Waals surface area contributed by atoms with Crippen LogP contribution in [0.3, 0.4) is 0 Å². The van der Waals surface area contributed by atoms with Crippen molar-refractivity contribution in [1.29, 1.82) is 0 Å². The molecule has 130 valence electrons. The number of carbonyl (C=O) groups is 1. The van der Waals surface area contributed by atoms with Crippen molar-refractivity contribution in [2.45, 2.75) is 32.7 Å². The zero-order valence-electron chi connectivity index (χ0n) is 14.5. The molecule has 25 heavy (non-hydrogen) atoms. The molecule has 5 nitrogen and oxygen atoms in total. The number of carbonyl (C=O) groups excluding carboxylic acids is 1. The van der Waals surface area contributed by atoms with Crippen LogP contribution >= 0.6 is 0 Å². The average molecular weight is 336 g/mol. The average Bonchev–Trinajstić information content (AvgIpc) is 2.98. The highest BCUT2D eigenvalue weighted by Gasteiger charge is 2.09. The Balaban J connectivity index is 1.53. The third-order valence-corrected chi connectivity index (χ3v) is 4.40. The number of hydrogen-bond acceptors (Lipinski definition) is 3. The van der Waals surface area contributed by atoms with E-state index in [0.717, 1.165) is 41.1 Å². The molecule has 3 N–H and O–H groups in total. The summed E-state index contributed by atoms with van der Waals surface area (Å²) >= 11 is 0. The minimum absolute atomic E-state index is 0.0439. The summed E-state index contributed by atoms with van der Waals surface area (Å²) in [5.41, 5.74) is 9.82. The Morgan fingerprint density at radius 1 is 1.12 bits per heavy atom. The molecule has 0 atom stereocenters. The van der Waals surface area contributed by atoms with Gasteiger partial charge < -0.3 is 15.6 Å². The molecule has 5 heteroatoms. The van der Waals surface area contributed by atoms with Crippen molar-refractivity contribution in [2.75, 3.05) is 12.3 Å². The van der Waals surface area contributed by atoms with Gasteiger partial charge in [-0.2, -0.15) is 0 Å². The second-order valence-corrected chi connectivity index (χ2v) is 6.06. The molecule has 1 amide bonds. The number of fused-ring (bicyclic) bond motifs is 1. The van der Waals surface area contributed by atoms with Crippen LogP contribution in [0, 0.1) is 0 Å². The Hall–Kier alpha value is -2.82. The maximum absolute atomic E-state index is 12.1. The van der Waals surface area contributed by atoms with Crippen LogP contribution in [0.1, 0.15) is 24.7 Å². The molecule has 0 aliphatic heterocycles. The Morgan fingerprint density at radius 2 is 1.88 bits per heavy atom. The fraction of sp³-hybridized carbons (Fsp3) is 0.300. The Morgan fingerprint density at radius 3 is 2.68 bits per heavy atom. The number of nitrogens with two attached hydrogens (primary N) is 1. The van der Waals surface area contributed by atoms with Gasteiger partial charge in [0.25, 0.3) is 0 Å². The molecule has 0 saturated heterocycles. The second kappa shape index (κ2) is 7.83. The van der Waals surface area contributed by atoms with E-state index in [2.05, 4.69) is 27.9 Å². The zero-order valence-corrected chi connectivity index (χ0v) is 14.5. The van der Waals surface area contributed by atoms with Gasteiger partial charge in [-0.05, 0) is 37.1 Å². The van der Waals surface area contributed by atoms with E-state index in [-0.39, 0.29) is 5.91 Å². The van der Waals surface area contributed by atoms with Gasteiger partial charge in [-0.1, -0.05) is 30.3 Å². The lowest BCUT2D eigenvalue weighted by molar-refractivity contribution is -0.121. The van der Waals surface area contributed by atoms with E-state index in [9.17, 15) is 4.79 Å². The molecule has 3 rings (SSSR count). The number of nitrogen functional groups attached to an aromatic ring is 1. The van der Waals surface area contributed by atoms with Crippen molar-refractivity contribution >= 4 is 22.6 Å². The van der Waals surface area contributed by atoms with E-state index in [0.29, 0.717) is 19.4 Å². The number of benzene rings is 2. The van der Waals surface area contributed by atoms with E-state index in [1.807, 2.05) is 42.5 Å². The molecule has 1 heterocycles. The van der Waals surface area contributed by atoms with Gasteiger partial charge in [0.15, 0.2) is 0 Å². The highest BCUT2D eigenvalue weighted by atomic mass is 16.1. The predicted molar refractivity (Wildman–Crippen MR) is 101 cm³/mol. The first-order valence-corrected chi connectivity index (χ1v) is 8.73. The minimum Gasteiger partial charge on any atom is -0.399 e. The number of imidazole rings is 1. The molecule has 0 aliphatic rings. The third-order valence-electron chi connectivity index (χ3n) is 4.40. The van der Waals surface area contributed by atoms with Crippen molar-refractivity contribution in [1.82, 2.24) is 14.9 Å². The Labute approximate surface area is 147 Å². The standard InChI is InChI=1S/C20H24N4O/c1-2-24-18-10-6-5-9-17(18)23-19(24)13-14-22-20(25)12-11-15-7-3-4-8-16(15)21/h3-10H,2,11-14,21H2,1H3,(H,22,25). The van der Waals surface area contributed by atoms with Gasteiger partial charge in [0.1, 0.15) is 5.82 Å². The lowest BCUT2D eigenvalue weighted by atomic mass is 10.1. The summed E-state index contributed by atoms with van der Waals surface area (Å²) in [7, 11) is 0. The second-order valence-electron chi connectivity index (χ2n) is 6.06. The van der Waals surface area contributed by atoms with Gasteiger partial charge >= 0.3 is 0 Å². The smallest absolute Gasteiger partial charge is 0.220 e. The zero-order chi connectivity index (χ0) is 17.6. The number of amides is 1. The lowest BCUT2D eigenvalue weighted by Gasteiger charge is -2.08. The summed E-state index contributed by atoms with van der Waals surface area (Å²) in [6.07, 6.45) is 1.83. The van der Waals surface area contributed by atoms with Crippen LogP contribution in [0.2, 0.25) is 0 Å². The van der Waals surface area contributed by atoms with Crippen molar-refractivity contribution < 1.29 is 4.79 Å². The minimum atomic E-state index is 0.0439. The molecule has 0 spiro atoms. The number of rotatable bonds is 7. The highest BCUT2D eigenvalue weighted by molar-refractivity contribution is 5.77. The first kappa shape index (κ1) is 17.0. The van der Waals surface area contributed by atoms with Crippen LogP contribution in [-0.4, -0.2) is 22.0 Å². The summed E-state index contributed by atoms with van der Waals surface area (Å²) in [5, 5.41) is 2.98. The fourth-order valence-electron chi connectivity index (χ4n) is 3.08. The molecule has 0 saturated carbocycles. The van der Waals surface area contributed by atoms with Gasteiger partial charge in [-0.25, -0.2) is 4.98 Å². The summed E-state index contributed by atoms with van der Waals surface area (Å²) < 4.78 is 2.20. The number of anilines is 1. The van der Waals surface area contributed by atoms with Crippen molar-refractivity contribution in [3.8, 4) is 0 Å². The molecule has 0 fully saturated rings. The SMILES string of the molecule is CCn1c(CCNC(=O)CCc2ccccc2N)nc2ccccc21. The quantitative estimate of drug-likeness (QED) is 0.652. The normalized spacial score (nSPS) is 10.9. The van der Waals surface area contributed by atoms with Gasteiger partial charge in [0.05, 0.1) is 11.0 Å². The number of aromatic nitrogens is 2. The molecular weight excluding hydrogens is 312 g/mol. The molecule has 0 radical (unpaired) electrons. The maximum Gasteiger partial charge on any atom is 0.220 e. The molecule has 1 aromatic heterocycles. The van der Waals surface area contributed by atoms with E-state index < -0.39 is 0 Å². The van der Waals surface area contributed by atoms with Crippen LogP contribution in [0.25, 0.3) is 11.0 Å². The van der Waals surface area contributed by atoms with Crippen molar-refractivity contribution in [3.05, 3.63) is 59.9 Å². The molecule has 0 unspecified atom stereocenters. The number of hydrogen-bond donors (Lipinski definition) is 2. The van der Waals surface area contributed by atoms with E-state index in [4.69, 9.17) is 5.73 Å². The maximum atomic E-state index is 12.1. The molecular formula is C20H24N4O. The predicted octanol–water partition coefficient (Wildman–Crippen LogP) is 2.93. The van der Waals surface area contributed by atoms with Gasteiger partial charge in [-0.3, -0.25) is 4.79 Å². The van der Waals surface area contributed by atoms with Crippen LogP contribution in [0.5, 0.6) is 0 Å². The molecule has 3 aromatic rings. The first-order valence-electron chi connectivity index (χ1n) is 8.73. The van der Waals surface area contributed by atoms with Crippen molar-refractivity contribution in [3.63, 3.8) is 0 Å². The summed E-state index contributed by atoms with van der Waals surface area (Å²) in [6, 6.07) is 15.8. The summed E-state index contributed by atoms with van der Waals surface area (Å²) in [4.78, 5) is 16.7. The van der Waals surface area contributed by atoms with Gasteiger partial charge in [0, 0.05) is 31.6 Å². The summed E-state index contributed by atoms with van der Waals surface area (Å²) in [6.45, 7) is 3.57. The fourth-order valence-corrected chi connectivity index (χ4v) is 3.08. The van der Waals surface area contributed by atoms with E-state index in [1.165, 1.54) is 0 Å². The van der Waals surface area contributed by atoms with Gasteiger partial charge in [-0.15, -0.1) is 0 Å². The third kappa shape index (κ3) is 3.99. The molecule has 2 aromatic carbocycles.